The molecule has 24 heavy (non-hydrogen) atoms. The van der Waals surface area contributed by atoms with E-state index in [2.05, 4.69) is 39.6 Å². The molecule has 0 radical (unpaired) electrons. The Labute approximate surface area is 142 Å². The van der Waals surface area contributed by atoms with Crippen molar-refractivity contribution in [3.05, 3.63) is 47.5 Å². The van der Waals surface area contributed by atoms with E-state index in [1.165, 1.54) is 11.3 Å². The normalized spacial score (nSPS) is 20.6. The number of imidazole rings is 1. The van der Waals surface area contributed by atoms with Crippen LogP contribution in [0, 0.1) is 0 Å². The number of anilines is 1. The van der Waals surface area contributed by atoms with Crippen LogP contribution in [0.15, 0.2) is 30.6 Å². The summed E-state index contributed by atoms with van der Waals surface area (Å²) in [5.74, 6) is 0.203. The van der Waals surface area contributed by atoms with Crippen molar-refractivity contribution in [3.63, 3.8) is 0 Å². The molecule has 2 aliphatic rings. The first-order valence-electron chi connectivity index (χ1n) is 8.75. The van der Waals surface area contributed by atoms with Crippen molar-refractivity contribution >= 4 is 11.6 Å². The Morgan fingerprint density at radius 3 is 3.00 bits per heavy atom. The SMILES string of the molecule is CC1CCc2ccccc2N1C(=O)CN1CCc2c(ncn2C)C1. The van der Waals surface area contributed by atoms with E-state index >= 15 is 0 Å². The molecule has 126 valence electrons. The number of amides is 1. The lowest BCUT2D eigenvalue weighted by Gasteiger charge is -2.37. The number of aromatic nitrogens is 2. The minimum Gasteiger partial charge on any atom is -0.337 e. The smallest absolute Gasteiger partial charge is 0.241 e. The maximum atomic E-state index is 13.0. The molecule has 1 unspecified atom stereocenters. The van der Waals surface area contributed by atoms with Gasteiger partial charge >= 0.3 is 0 Å². The summed E-state index contributed by atoms with van der Waals surface area (Å²) >= 11 is 0. The predicted octanol–water partition coefficient (Wildman–Crippen LogP) is 2.15. The summed E-state index contributed by atoms with van der Waals surface area (Å²) in [7, 11) is 2.04. The lowest BCUT2D eigenvalue weighted by Crippen LogP contribution is -2.48. The van der Waals surface area contributed by atoms with Crippen molar-refractivity contribution in [1.82, 2.24) is 14.5 Å². The van der Waals surface area contributed by atoms with Crippen LogP contribution in [-0.4, -0.2) is 39.5 Å². The minimum absolute atomic E-state index is 0.203. The molecule has 1 amide bonds. The highest BCUT2D eigenvalue weighted by Gasteiger charge is 2.30. The standard InChI is InChI=1S/C19H24N4O/c1-14-7-8-15-5-3-4-6-17(15)23(14)19(24)12-22-10-9-18-16(11-22)20-13-21(18)2/h3-6,13-14H,7-12H2,1-2H3. The molecule has 5 nitrogen and oxygen atoms in total. The Bertz CT molecular complexity index is 766. The zero-order chi connectivity index (χ0) is 16.7. The molecule has 0 saturated carbocycles. The first-order valence-corrected chi connectivity index (χ1v) is 8.75. The number of hydrogen-bond donors (Lipinski definition) is 0. The summed E-state index contributed by atoms with van der Waals surface area (Å²) in [5, 5.41) is 0. The van der Waals surface area contributed by atoms with E-state index in [0.717, 1.165) is 43.7 Å². The van der Waals surface area contributed by atoms with Crippen molar-refractivity contribution in [2.75, 3.05) is 18.0 Å². The van der Waals surface area contributed by atoms with Crippen molar-refractivity contribution in [2.24, 2.45) is 7.05 Å². The quantitative estimate of drug-likeness (QED) is 0.850. The van der Waals surface area contributed by atoms with Gasteiger partial charge in [0.25, 0.3) is 0 Å². The lowest BCUT2D eigenvalue weighted by molar-refractivity contribution is -0.120. The van der Waals surface area contributed by atoms with Crippen LogP contribution in [0.2, 0.25) is 0 Å². The topological polar surface area (TPSA) is 41.4 Å². The average Bonchev–Trinajstić information content (AvgIpc) is 2.95. The van der Waals surface area contributed by atoms with Gasteiger partial charge in [0, 0.05) is 44.0 Å². The molecular weight excluding hydrogens is 300 g/mol. The molecule has 1 aromatic carbocycles. The van der Waals surface area contributed by atoms with Crippen LogP contribution >= 0.6 is 0 Å². The van der Waals surface area contributed by atoms with E-state index in [1.54, 1.807) is 0 Å². The van der Waals surface area contributed by atoms with Gasteiger partial charge in [-0.3, -0.25) is 9.69 Å². The molecule has 1 atom stereocenters. The third-order valence-corrected chi connectivity index (χ3v) is 5.33. The second-order valence-corrected chi connectivity index (χ2v) is 6.99. The molecular formula is C19H24N4O. The van der Waals surface area contributed by atoms with Gasteiger partial charge in [-0.05, 0) is 31.4 Å². The molecule has 0 aliphatic carbocycles. The fourth-order valence-corrected chi connectivity index (χ4v) is 3.98. The summed E-state index contributed by atoms with van der Waals surface area (Å²) in [5.41, 5.74) is 4.80. The highest BCUT2D eigenvalue weighted by molar-refractivity contribution is 5.96. The van der Waals surface area contributed by atoms with E-state index < -0.39 is 0 Å². The number of fused-ring (bicyclic) bond motifs is 2. The van der Waals surface area contributed by atoms with E-state index in [1.807, 2.05) is 24.3 Å². The number of carbonyl (C=O) groups is 1. The molecule has 0 bridgehead atoms. The van der Waals surface area contributed by atoms with Crippen molar-refractivity contribution in [2.45, 2.75) is 38.8 Å². The summed E-state index contributed by atoms with van der Waals surface area (Å²) in [4.78, 5) is 21.7. The van der Waals surface area contributed by atoms with Crippen molar-refractivity contribution < 1.29 is 4.79 Å². The molecule has 3 heterocycles. The number of aryl methyl sites for hydroxylation is 2. The molecule has 0 fully saturated rings. The number of para-hydroxylation sites is 1. The van der Waals surface area contributed by atoms with Crippen molar-refractivity contribution in [1.29, 1.82) is 0 Å². The van der Waals surface area contributed by atoms with Gasteiger partial charge in [-0.1, -0.05) is 18.2 Å². The Balaban J connectivity index is 1.51. The summed E-state index contributed by atoms with van der Waals surface area (Å²) < 4.78 is 2.09. The Morgan fingerprint density at radius 2 is 2.12 bits per heavy atom. The van der Waals surface area contributed by atoms with E-state index in [0.29, 0.717) is 6.54 Å². The Hall–Kier alpha value is -2.14. The fraction of sp³-hybridized carbons (Fsp3) is 0.474. The summed E-state index contributed by atoms with van der Waals surface area (Å²) in [6.07, 6.45) is 4.93. The van der Waals surface area contributed by atoms with Crippen LogP contribution < -0.4 is 4.90 Å². The summed E-state index contributed by atoms with van der Waals surface area (Å²) in [6.45, 7) is 4.31. The van der Waals surface area contributed by atoms with Gasteiger partial charge in [0.05, 0.1) is 18.6 Å². The van der Waals surface area contributed by atoms with Gasteiger partial charge in [-0.15, -0.1) is 0 Å². The fourth-order valence-electron chi connectivity index (χ4n) is 3.98. The molecule has 1 aromatic heterocycles. The maximum Gasteiger partial charge on any atom is 0.241 e. The van der Waals surface area contributed by atoms with Crippen LogP contribution in [-0.2, 0) is 31.2 Å². The maximum absolute atomic E-state index is 13.0. The molecule has 2 aromatic rings. The lowest BCUT2D eigenvalue weighted by atomic mass is 9.96. The number of carbonyl (C=O) groups excluding carboxylic acids is 1. The van der Waals surface area contributed by atoms with Crippen LogP contribution in [0.4, 0.5) is 5.69 Å². The van der Waals surface area contributed by atoms with E-state index in [4.69, 9.17) is 0 Å². The third-order valence-electron chi connectivity index (χ3n) is 5.33. The highest BCUT2D eigenvalue weighted by Crippen LogP contribution is 2.30. The van der Waals surface area contributed by atoms with Gasteiger partial charge in [0.15, 0.2) is 0 Å². The van der Waals surface area contributed by atoms with Crippen LogP contribution in [0.25, 0.3) is 0 Å². The first kappa shape index (κ1) is 15.4. The van der Waals surface area contributed by atoms with Crippen LogP contribution in [0.5, 0.6) is 0 Å². The number of rotatable bonds is 2. The van der Waals surface area contributed by atoms with Gasteiger partial charge in [-0.2, -0.15) is 0 Å². The average molecular weight is 324 g/mol. The number of hydrogen-bond acceptors (Lipinski definition) is 3. The van der Waals surface area contributed by atoms with Crippen LogP contribution in [0.3, 0.4) is 0 Å². The van der Waals surface area contributed by atoms with Crippen molar-refractivity contribution in [3.8, 4) is 0 Å². The molecule has 2 aliphatic heterocycles. The first-order chi connectivity index (χ1) is 11.6. The van der Waals surface area contributed by atoms with E-state index in [9.17, 15) is 4.79 Å². The van der Waals surface area contributed by atoms with Gasteiger partial charge in [0.1, 0.15) is 0 Å². The molecule has 5 heteroatoms. The highest BCUT2D eigenvalue weighted by atomic mass is 16.2. The monoisotopic (exact) mass is 324 g/mol. The largest absolute Gasteiger partial charge is 0.337 e. The van der Waals surface area contributed by atoms with Gasteiger partial charge < -0.3 is 9.47 Å². The Kier molecular flexibility index (Phi) is 3.88. The molecule has 0 spiro atoms. The second kappa shape index (κ2) is 6.06. The van der Waals surface area contributed by atoms with Crippen LogP contribution in [0.1, 0.15) is 30.3 Å². The summed E-state index contributed by atoms with van der Waals surface area (Å²) in [6, 6.07) is 8.57. The molecule has 4 rings (SSSR count). The molecule has 0 N–H and O–H groups in total. The molecule has 0 saturated heterocycles. The Morgan fingerprint density at radius 1 is 1.29 bits per heavy atom. The van der Waals surface area contributed by atoms with Gasteiger partial charge in [0.2, 0.25) is 5.91 Å². The number of nitrogens with zero attached hydrogens (tertiary/aromatic N) is 4. The van der Waals surface area contributed by atoms with E-state index in [-0.39, 0.29) is 11.9 Å². The zero-order valence-electron chi connectivity index (χ0n) is 14.4. The zero-order valence-corrected chi connectivity index (χ0v) is 14.4. The third kappa shape index (κ3) is 2.63. The predicted molar refractivity (Wildman–Crippen MR) is 93.9 cm³/mol. The number of benzene rings is 1. The minimum atomic E-state index is 0.203. The second-order valence-electron chi connectivity index (χ2n) is 6.99. The van der Waals surface area contributed by atoms with Gasteiger partial charge in [-0.25, -0.2) is 4.98 Å².